The van der Waals surface area contributed by atoms with Gasteiger partial charge in [-0.25, -0.2) is 0 Å². The lowest BCUT2D eigenvalue weighted by molar-refractivity contribution is -0.109. The van der Waals surface area contributed by atoms with E-state index in [-0.39, 0.29) is 17.4 Å². The lowest BCUT2D eigenvalue weighted by atomic mass is 9.46. The molecule has 0 amide bonds. The van der Waals surface area contributed by atoms with E-state index in [0.29, 0.717) is 16.9 Å². The Hall–Kier alpha value is -0.960. The van der Waals surface area contributed by atoms with Crippen molar-refractivity contribution in [3.63, 3.8) is 0 Å². The largest absolute Gasteiger partial charge is 0.369 e. The van der Waals surface area contributed by atoms with Gasteiger partial charge in [-0.05, 0) is 60.3 Å². The molecular formula is C20H30O3. The third kappa shape index (κ3) is 2.82. The number of epoxide rings is 1. The van der Waals surface area contributed by atoms with E-state index in [1.165, 1.54) is 25.7 Å². The van der Waals surface area contributed by atoms with Crippen LogP contribution in [0.5, 0.6) is 0 Å². The molecule has 0 unspecified atom stereocenters. The number of rotatable bonds is 5. The SMILES string of the molecule is CC1(C)CCC[C@@]2(C)[C@@H]1CC[C@]1(CO1)[C@@H]2C/C=C(\C=O)CC=O. The highest BCUT2D eigenvalue weighted by atomic mass is 16.6. The lowest BCUT2D eigenvalue weighted by Crippen LogP contribution is -2.54. The van der Waals surface area contributed by atoms with Crippen LogP contribution in [0.2, 0.25) is 0 Å². The molecule has 0 radical (unpaired) electrons. The van der Waals surface area contributed by atoms with Gasteiger partial charge < -0.3 is 9.53 Å². The maximum absolute atomic E-state index is 11.2. The van der Waals surface area contributed by atoms with Crippen LogP contribution >= 0.6 is 0 Å². The summed E-state index contributed by atoms with van der Waals surface area (Å²) in [7, 11) is 0. The number of hydrogen-bond donors (Lipinski definition) is 0. The summed E-state index contributed by atoms with van der Waals surface area (Å²) in [6.45, 7) is 8.19. The van der Waals surface area contributed by atoms with Gasteiger partial charge in [0.25, 0.3) is 0 Å². The predicted molar refractivity (Wildman–Crippen MR) is 90.1 cm³/mol. The molecule has 0 aromatic rings. The first-order valence-corrected chi connectivity index (χ1v) is 9.10. The van der Waals surface area contributed by atoms with Crippen molar-refractivity contribution in [2.75, 3.05) is 6.61 Å². The lowest BCUT2D eigenvalue weighted by Gasteiger charge is -2.59. The number of ether oxygens (including phenoxy) is 1. The van der Waals surface area contributed by atoms with Crippen LogP contribution in [0.1, 0.15) is 65.7 Å². The highest BCUT2D eigenvalue weighted by Gasteiger charge is 2.64. The summed E-state index contributed by atoms with van der Waals surface area (Å²) in [4.78, 5) is 21.9. The van der Waals surface area contributed by atoms with Crippen LogP contribution in [-0.2, 0) is 14.3 Å². The molecule has 1 spiro atoms. The van der Waals surface area contributed by atoms with Crippen molar-refractivity contribution in [1.82, 2.24) is 0 Å². The molecule has 128 valence electrons. The third-order valence-electron chi connectivity index (χ3n) is 7.16. The van der Waals surface area contributed by atoms with Crippen LogP contribution < -0.4 is 0 Å². The Kier molecular flexibility index (Phi) is 4.29. The third-order valence-corrected chi connectivity index (χ3v) is 7.16. The summed E-state index contributed by atoms with van der Waals surface area (Å²) in [6, 6.07) is 0. The Labute approximate surface area is 139 Å². The number of carbonyl (C=O) groups excluding carboxylic acids is 2. The number of carbonyl (C=O) groups is 2. The van der Waals surface area contributed by atoms with Gasteiger partial charge in [0.15, 0.2) is 0 Å². The zero-order valence-electron chi connectivity index (χ0n) is 14.8. The van der Waals surface area contributed by atoms with Gasteiger partial charge in [-0.2, -0.15) is 0 Å². The average molecular weight is 318 g/mol. The molecule has 0 aromatic heterocycles. The molecule has 1 heterocycles. The quantitative estimate of drug-likeness (QED) is 0.435. The van der Waals surface area contributed by atoms with Crippen molar-refractivity contribution >= 4 is 12.6 Å². The standard InChI is InChI=1S/C20H30O3/c1-18(2)9-4-10-19(3)16(18)7-11-20(14-23-20)17(19)6-5-15(13-22)8-12-21/h5,12-13,16-17H,4,6-11,14H2,1-3H3/b15-5-/t16-,17-,19+,20+/m1/s1. The highest BCUT2D eigenvalue weighted by molar-refractivity contribution is 5.78. The molecular weight excluding hydrogens is 288 g/mol. The molecule has 1 saturated heterocycles. The second-order valence-corrected chi connectivity index (χ2v) is 8.85. The first kappa shape index (κ1) is 16.9. The van der Waals surface area contributed by atoms with Crippen molar-refractivity contribution in [1.29, 1.82) is 0 Å². The monoisotopic (exact) mass is 318 g/mol. The fraction of sp³-hybridized carbons (Fsp3) is 0.800. The van der Waals surface area contributed by atoms with Gasteiger partial charge in [-0.15, -0.1) is 0 Å². The van der Waals surface area contributed by atoms with Crippen LogP contribution in [0.4, 0.5) is 0 Å². The van der Waals surface area contributed by atoms with Gasteiger partial charge >= 0.3 is 0 Å². The summed E-state index contributed by atoms with van der Waals surface area (Å²) in [5.74, 6) is 1.19. The zero-order valence-corrected chi connectivity index (χ0v) is 14.8. The van der Waals surface area contributed by atoms with E-state index >= 15 is 0 Å². The molecule has 3 fully saturated rings. The van der Waals surface area contributed by atoms with Gasteiger partial charge in [-0.3, -0.25) is 4.79 Å². The van der Waals surface area contributed by atoms with Crippen molar-refractivity contribution in [2.45, 2.75) is 71.3 Å². The molecule has 0 N–H and O–H groups in total. The van der Waals surface area contributed by atoms with Crippen LogP contribution in [0.25, 0.3) is 0 Å². The van der Waals surface area contributed by atoms with E-state index < -0.39 is 0 Å². The second kappa shape index (κ2) is 5.84. The van der Waals surface area contributed by atoms with Crippen LogP contribution in [0.3, 0.4) is 0 Å². The Morgan fingerprint density at radius 3 is 2.52 bits per heavy atom. The summed E-state index contributed by atoms with van der Waals surface area (Å²) in [6.07, 6.45) is 11.0. The maximum Gasteiger partial charge on any atom is 0.146 e. The maximum atomic E-state index is 11.2. The molecule has 3 rings (SSSR count). The van der Waals surface area contributed by atoms with Crippen molar-refractivity contribution in [3.05, 3.63) is 11.6 Å². The predicted octanol–water partition coefficient (Wildman–Crippen LogP) is 4.10. The Morgan fingerprint density at radius 1 is 1.17 bits per heavy atom. The topological polar surface area (TPSA) is 46.7 Å². The van der Waals surface area contributed by atoms with Crippen LogP contribution in [0, 0.1) is 22.7 Å². The number of aldehydes is 2. The van der Waals surface area contributed by atoms with Crippen molar-refractivity contribution < 1.29 is 14.3 Å². The molecule has 2 aliphatic carbocycles. The zero-order chi connectivity index (χ0) is 16.7. The van der Waals surface area contributed by atoms with E-state index in [2.05, 4.69) is 20.8 Å². The molecule has 3 heteroatoms. The molecule has 4 atom stereocenters. The molecule has 2 saturated carbocycles. The minimum atomic E-state index is 0.0460. The van der Waals surface area contributed by atoms with E-state index in [0.717, 1.165) is 37.9 Å². The first-order chi connectivity index (χ1) is 10.9. The van der Waals surface area contributed by atoms with Crippen LogP contribution in [-0.4, -0.2) is 24.8 Å². The highest BCUT2D eigenvalue weighted by Crippen LogP contribution is 2.66. The molecule has 0 aromatic carbocycles. The van der Waals surface area contributed by atoms with Gasteiger partial charge in [0.05, 0.1) is 12.2 Å². The fourth-order valence-electron chi connectivity index (χ4n) is 5.93. The second-order valence-electron chi connectivity index (χ2n) is 8.85. The van der Waals surface area contributed by atoms with E-state index in [9.17, 15) is 9.59 Å². The summed E-state index contributed by atoms with van der Waals surface area (Å²) in [5, 5.41) is 0. The van der Waals surface area contributed by atoms with Crippen LogP contribution in [0.15, 0.2) is 11.6 Å². The fourth-order valence-corrected chi connectivity index (χ4v) is 5.93. The van der Waals surface area contributed by atoms with E-state index in [1.54, 1.807) is 0 Å². The summed E-state index contributed by atoms with van der Waals surface area (Å²) in [5.41, 5.74) is 1.34. The van der Waals surface area contributed by atoms with Gasteiger partial charge in [-0.1, -0.05) is 33.3 Å². The van der Waals surface area contributed by atoms with E-state index in [4.69, 9.17) is 4.74 Å². The Balaban J connectivity index is 1.88. The minimum absolute atomic E-state index is 0.0460. The smallest absolute Gasteiger partial charge is 0.146 e. The number of hydrogen-bond acceptors (Lipinski definition) is 3. The van der Waals surface area contributed by atoms with Gasteiger partial charge in [0.2, 0.25) is 0 Å². The number of fused-ring (bicyclic) bond motifs is 1. The van der Waals surface area contributed by atoms with Gasteiger partial charge in [0, 0.05) is 6.42 Å². The molecule has 23 heavy (non-hydrogen) atoms. The molecule has 1 aliphatic heterocycles. The summed E-state index contributed by atoms with van der Waals surface area (Å²) >= 11 is 0. The van der Waals surface area contributed by atoms with E-state index in [1.807, 2.05) is 6.08 Å². The van der Waals surface area contributed by atoms with Crippen molar-refractivity contribution in [2.24, 2.45) is 22.7 Å². The Bertz CT molecular complexity index is 515. The molecule has 0 bridgehead atoms. The molecule has 3 aliphatic rings. The molecule has 3 nitrogen and oxygen atoms in total. The first-order valence-electron chi connectivity index (χ1n) is 9.10. The normalized spacial score (nSPS) is 42.1. The Morgan fingerprint density at radius 2 is 1.91 bits per heavy atom. The minimum Gasteiger partial charge on any atom is -0.369 e. The van der Waals surface area contributed by atoms with Gasteiger partial charge in [0.1, 0.15) is 12.6 Å². The number of allylic oxidation sites excluding steroid dienone is 2. The summed E-state index contributed by atoms with van der Waals surface area (Å²) < 4.78 is 5.97. The van der Waals surface area contributed by atoms with Crippen molar-refractivity contribution in [3.8, 4) is 0 Å². The average Bonchev–Trinajstić information content (AvgIpc) is 3.24.